The Balaban J connectivity index is 1.65. The van der Waals surface area contributed by atoms with E-state index in [0.29, 0.717) is 37.8 Å². The minimum atomic E-state index is -0.566. The number of hydrogen-bond donors (Lipinski definition) is 1. The van der Waals surface area contributed by atoms with Gasteiger partial charge in [0.05, 0.1) is 6.61 Å². The number of nitrogens with two attached hydrogens (primary N) is 1. The van der Waals surface area contributed by atoms with Crippen LogP contribution in [0.3, 0.4) is 0 Å². The van der Waals surface area contributed by atoms with Gasteiger partial charge in [0.25, 0.3) is 0 Å². The highest BCUT2D eigenvalue weighted by Gasteiger charge is 2.36. The summed E-state index contributed by atoms with van der Waals surface area (Å²) >= 11 is 0. The Morgan fingerprint density at radius 2 is 2.00 bits per heavy atom. The summed E-state index contributed by atoms with van der Waals surface area (Å²) in [5.41, 5.74) is 7.92. The van der Waals surface area contributed by atoms with Gasteiger partial charge in [-0.3, -0.25) is 0 Å². The summed E-state index contributed by atoms with van der Waals surface area (Å²) in [5.74, 6) is 2.02. The summed E-state index contributed by atoms with van der Waals surface area (Å²) < 4.78 is 16.3. The van der Waals surface area contributed by atoms with Gasteiger partial charge < -0.3 is 19.7 Å². The Hall–Kier alpha value is -1.92. The third kappa shape index (κ3) is 2.20. The zero-order chi connectivity index (χ0) is 14.3. The molecule has 4 rings (SSSR count). The van der Waals surface area contributed by atoms with Crippen LogP contribution in [-0.2, 0) is 16.7 Å². The van der Waals surface area contributed by atoms with Crippen molar-refractivity contribution in [3.63, 3.8) is 0 Å². The molecule has 2 N–H and O–H groups in total. The Morgan fingerprint density at radius 3 is 2.86 bits per heavy atom. The summed E-state index contributed by atoms with van der Waals surface area (Å²) in [6, 6.07) is 5.97. The molecule has 0 saturated carbocycles. The number of rotatable bonds is 2. The second-order valence-corrected chi connectivity index (χ2v) is 5.61. The van der Waals surface area contributed by atoms with Gasteiger partial charge in [-0.15, -0.1) is 0 Å². The fourth-order valence-corrected chi connectivity index (χ4v) is 2.82. The smallest absolute Gasteiger partial charge is 0.247 e. The SMILES string of the molecule is NC1(c2nc(-c3ccc4c(c3)CCO4)no2)CCOCC1. The molecule has 1 aromatic carbocycles. The number of aromatic nitrogens is 2. The van der Waals surface area contributed by atoms with Crippen LogP contribution in [0.4, 0.5) is 0 Å². The van der Waals surface area contributed by atoms with E-state index in [4.69, 9.17) is 19.7 Å². The normalized spacial score (nSPS) is 20.0. The van der Waals surface area contributed by atoms with Crippen LogP contribution in [0.1, 0.15) is 24.3 Å². The van der Waals surface area contributed by atoms with Crippen LogP contribution in [0.15, 0.2) is 22.7 Å². The first kappa shape index (κ1) is 12.8. The molecule has 3 heterocycles. The van der Waals surface area contributed by atoms with E-state index in [1.807, 2.05) is 12.1 Å². The van der Waals surface area contributed by atoms with Crippen LogP contribution in [0.2, 0.25) is 0 Å². The average Bonchev–Trinajstić information content (AvgIpc) is 3.17. The lowest BCUT2D eigenvalue weighted by molar-refractivity contribution is 0.0400. The topological polar surface area (TPSA) is 83.4 Å². The van der Waals surface area contributed by atoms with Crippen molar-refractivity contribution in [1.82, 2.24) is 10.1 Å². The highest BCUT2D eigenvalue weighted by molar-refractivity contribution is 5.59. The van der Waals surface area contributed by atoms with Gasteiger partial charge in [0.1, 0.15) is 11.3 Å². The fourth-order valence-electron chi connectivity index (χ4n) is 2.82. The Bertz CT molecular complexity index is 662. The molecular weight excluding hydrogens is 270 g/mol. The quantitative estimate of drug-likeness (QED) is 0.904. The van der Waals surface area contributed by atoms with Gasteiger partial charge in [0, 0.05) is 25.2 Å². The predicted octanol–water partition coefficient (Wildman–Crippen LogP) is 1.64. The standard InChI is InChI=1S/C15H17N3O3/c16-15(4-7-19-8-5-15)14-17-13(18-21-14)11-1-2-12-10(9-11)3-6-20-12/h1-2,9H,3-8,16H2. The van der Waals surface area contributed by atoms with Gasteiger partial charge in [-0.1, -0.05) is 5.16 Å². The molecular formula is C15H17N3O3. The lowest BCUT2D eigenvalue weighted by Crippen LogP contribution is -2.42. The Labute approximate surface area is 122 Å². The molecule has 1 fully saturated rings. The lowest BCUT2D eigenvalue weighted by Gasteiger charge is -2.29. The second-order valence-electron chi connectivity index (χ2n) is 5.61. The molecule has 6 heteroatoms. The van der Waals surface area contributed by atoms with Gasteiger partial charge in [-0.2, -0.15) is 4.98 Å². The van der Waals surface area contributed by atoms with E-state index in [2.05, 4.69) is 16.2 Å². The second kappa shape index (κ2) is 4.82. The molecule has 1 aromatic heterocycles. The molecule has 21 heavy (non-hydrogen) atoms. The minimum Gasteiger partial charge on any atom is -0.493 e. The molecule has 0 amide bonds. The highest BCUT2D eigenvalue weighted by Crippen LogP contribution is 2.32. The van der Waals surface area contributed by atoms with E-state index < -0.39 is 5.54 Å². The highest BCUT2D eigenvalue weighted by atomic mass is 16.5. The average molecular weight is 287 g/mol. The molecule has 0 radical (unpaired) electrons. The van der Waals surface area contributed by atoms with Crippen molar-refractivity contribution >= 4 is 0 Å². The minimum absolute atomic E-state index is 0.498. The van der Waals surface area contributed by atoms with Crippen LogP contribution in [0.5, 0.6) is 5.75 Å². The van der Waals surface area contributed by atoms with Crippen molar-refractivity contribution < 1.29 is 14.0 Å². The van der Waals surface area contributed by atoms with E-state index in [9.17, 15) is 0 Å². The fraction of sp³-hybridized carbons (Fsp3) is 0.467. The maximum atomic E-state index is 6.37. The van der Waals surface area contributed by atoms with Crippen molar-refractivity contribution in [2.75, 3.05) is 19.8 Å². The first-order chi connectivity index (χ1) is 10.2. The van der Waals surface area contributed by atoms with Crippen LogP contribution >= 0.6 is 0 Å². The molecule has 0 spiro atoms. The summed E-state index contributed by atoms with van der Waals surface area (Å²) in [7, 11) is 0. The summed E-state index contributed by atoms with van der Waals surface area (Å²) in [6.45, 7) is 2.00. The van der Waals surface area contributed by atoms with Gasteiger partial charge in [0.15, 0.2) is 0 Å². The maximum absolute atomic E-state index is 6.37. The maximum Gasteiger partial charge on any atom is 0.247 e. The van der Waals surface area contributed by atoms with E-state index in [1.54, 1.807) is 0 Å². The predicted molar refractivity (Wildman–Crippen MR) is 74.9 cm³/mol. The van der Waals surface area contributed by atoms with Crippen molar-refractivity contribution in [3.05, 3.63) is 29.7 Å². The van der Waals surface area contributed by atoms with Crippen LogP contribution in [0.25, 0.3) is 11.4 Å². The van der Waals surface area contributed by atoms with Crippen LogP contribution in [0, 0.1) is 0 Å². The third-order valence-electron chi connectivity index (χ3n) is 4.18. The first-order valence-electron chi connectivity index (χ1n) is 7.22. The molecule has 2 aliphatic rings. The molecule has 0 unspecified atom stereocenters. The number of nitrogens with zero attached hydrogens (tertiary/aromatic N) is 2. The monoisotopic (exact) mass is 287 g/mol. The van der Waals surface area contributed by atoms with E-state index in [1.165, 1.54) is 5.56 Å². The van der Waals surface area contributed by atoms with Gasteiger partial charge in [-0.05, 0) is 36.6 Å². The summed E-state index contributed by atoms with van der Waals surface area (Å²) in [4.78, 5) is 4.50. The molecule has 2 aliphatic heterocycles. The van der Waals surface area contributed by atoms with Crippen molar-refractivity contribution in [2.24, 2.45) is 5.73 Å². The molecule has 1 saturated heterocycles. The number of hydrogen-bond acceptors (Lipinski definition) is 6. The Morgan fingerprint density at radius 1 is 1.14 bits per heavy atom. The van der Waals surface area contributed by atoms with Crippen LogP contribution in [-0.4, -0.2) is 30.0 Å². The van der Waals surface area contributed by atoms with E-state index in [0.717, 1.165) is 24.3 Å². The van der Waals surface area contributed by atoms with Crippen molar-refractivity contribution in [2.45, 2.75) is 24.8 Å². The van der Waals surface area contributed by atoms with Gasteiger partial charge >= 0.3 is 0 Å². The summed E-state index contributed by atoms with van der Waals surface area (Å²) in [6.07, 6.45) is 2.32. The lowest BCUT2D eigenvalue weighted by atomic mass is 9.91. The van der Waals surface area contributed by atoms with Crippen molar-refractivity contribution in [1.29, 1.82) is 0 Å². The van der Waals surface area contributed by atoms with Crippen molar-refractivity contribution in [3.8, 4) is 17.1 Å². The third-order valence-corrected chi connectivity index (χ3v) is 4.18. The Kier molecular flexibility index (Phi) is 2.94. The molecule has 0 bridgehead atoms. The number of fused-ring (bicyclic) bond motifs is 1. The first-order valence-corrected chi connectivity index (χ1v) is 7.22. The molecule has 2 aromatic rings. The van der Waals surface area contributed by atoms with E-state index >= 15 is 0 Å². The molecule has 6 nitrogen and oxygen atoms in total. The van der Waals surface area contributed by atoms with Gasteiger partial charge in [-0.25, -0.2) is 0 Å². The van der Waals surface area contributed by atoms with Gasteiger partial charge in [0.2, 0.25) is 11.7 Å². The molecule has 0 aliphatic carbocycles. The molecule has 110 valence electrons. The zero-order valence-corrected chi connectivity index (χ0v) is 11.7. The van der Waals surface area contributed by atoms with Crippen LogP contribution < -0.4 is 10.5 Å². The number of benzene rings is 1. The molecule has 0 atom stereocenters. The number of ether oxygens (including phenoxy) is 2. The zero-order valence-electron chi connectivity index (χ0n) is 11.7. The largest absolute Gasteiger partial charge is 0.493 e. The summed E-state index contributed by atoms with van der Waals surface area (Å²) in [5, 5.41) is 4.08. The van der Waals surface area contributed by atoms with E-state index in [-0.39, 0.29) is 0 Å².